The van der Waals surface area contributed by atoms with Gasteiger partial charge in [-0.2, -0.15) is 5.10 Å². The van der Waals surface area contributed by atoms with E-state index in [1.165, 1.54) is 0 Å². The number of hydrogen-bond acceptors (Lipinski definition) is 3. The van der Waals surface area contributed by atoms with Crippen molar-refractivity contribution < 1.29 is 9.59 Å². The van der Waals surface area contributed by atoms with Crippen molar-refractivity contribution in [3.8, 4) is 0 Å². The second-order valence-electron chi connectivity index (χ2n) is 6.92. The minimum atomic E-state index is -0.0992. The summed E-state index contributed by atoms with van der Waals surface area (Å²) in [6.45, 7) is 6.06. The van der Waals surface area contributed by atoms with E-state index in [0.29, 0.717) is 12.0 Å². The average Bonchev–Trinajstić information content (AvgIpc) is 2.76. The van der Waals surface area contributed by atoms with Crippen LogP contribution < -0.4 is 10.6 Å². The Morgan fingerprint density at radius 2 is 2.12 bits per heavy atom. The van der Waals surface area contributed by atoms with Crippen LogP contribution >= 0.6 is 0 Å². The topological polar surface area (TPSA) is 76.0 Å². The van der Waals surface area contributed by atoms with Gasteiger partial charge in [0.2, 0.25) is 5.91 Å². The molecule has 1 aliphatic heterocycles. The third-order valence-electron chi connectivity index (χ3n) is 5.12. The first-order valence-corrected chi connectivity index (χ1v) is 9.14. The van der Waals surface area contributed by atoms with Crippen LogP contribution in [0, 0.1) is 13.8 Å². The molecule has 0 fully saturated rings. The van der Waals surface area contributed by atoms with Crippen LogP contribution in [-0.4, -0.2) is 21.6 Å². The molecule has 6 nitrogen and oxygen atoms in total. The van der Waals surface area contributed by atoms with Gasteiger partial charge in [-0.05, 0) is 56.9 Å². The van der Waals surface area contributed by atoms with Gasteiger partial charge in [-0.1, -0.05) is 6.92 Å². The van der Waals surface area contributed by atoms with Gasteiger partial charge in [0.1, 0.15) is 0 Å². The number of anilines is 1. The van der Waals surface area contributed by atoms with Crippen LogP contribution in [0.3, 0.4) is 0 Å². The lowest BCUT2D eigenvalue weighted by atomic mass is 10.0. The Kier molecular flexibility index (Phi) is 5.11. The number of nitrogens with zero attached hydrogens (tertiary/aromatic N) is 2. The van der Waals surface area contributed by atoms with Gasteiger partial charge in [0.25, 0.3) is 5.91 Å². The molecule has 1 aromatic carbocycles. The Hall–Kier alpha value is -2.63. The number of aryl methyl sites for hydroxylation is 3. The van der Waals surface area contributed by atoms with E-state index in [1.807, 2.05) is 37.7 Å². The molecular formula is C20H26N4O2. The van der Waals surface area contributed by atoms with Crippen molar-refractivity contribution in [3.63, 3.8) is 0 Å². The summed E-state index contributed by atoms with van der Waals surface area (Å²) >= 11 is 0. The number of carbonyl (C=O) groups is 2. The SMILES string of the molecule is CC[C@@H](NC(=O)c1ccc2c(c1)CCCC(=O)N2)c1c(C)nn(C)c1C. The van der Waals surface area contributed by atoms with Crippen LogP contribution in [0.1, 0.15) is 65.1 Å². The molecule has 2 N–H and O–H groups in total. The first kappa shape index (κ1) is 18.2. The highest BCUT2D eigenvalue weighted by Gasteiger charge is 2.22. The fourth-order valence-corrected chi connectivity index (χ4v) is 3.63. The predicted octanol–water partition coefficient (Wildman–Crippen LogP) is 3.19. The molecule has 0 bridgehead atoms. The first-order valence-electron chi connectivity index (χ1n) is 9.14. The van der Waals surface area contributed by atoms with Crippen molar-refractivity contribution in [2.24, 2.45) is 7.05 Å². The molecule has 0 unspecified atom stereocenters. The van der Waals surface area contributed by atoms with Gasteiger partial charge in [0, 0.05) is 36.0 Å². The predicted molar refractivity (Wildman–Crippen MR) is 101 cm³/mol. The summed E-state index contributed by atoms with van der Waals surface area (Å²) in [5.74, 6) is -0.0626. The highest BCUT2D eigenvalue weighted by Crippen LogP contribution is 2.26. The van der Waals surface area contributed by atoms with Crippen LogP contribution in [0.2, 0.25) is 0 Å². The number of rotatable bonds is 4. The summed E-state index contributed by atoms with van der Waals surface area (Å²) in [6, 6.07) is 5.42. The highest BCUT2D eigenvalue weighted by molar-refractivity contribution is 5.97. The van der Waals surface area contributed by atoms with Crippen LogP contribution in [0.4, 0.5) is 5.69 Å². The molecule has 6 heteroatoms. The van der Waals surface area contributed by atoms with Crippen LogP contribution in [-0.2, 0) is 18.3 Å². The lowest BCUT2D eigenvalue weighted by Crippen LogP contribution is -2.29. The molecule has 0 aliphatic carbocycles. The van der Waals surface area contributed by atoms with Gasteiger partial charge in [-0.3, -0.25) is 14.3 Å². The summed E-state index contributed by atoms with van der Waals surface area (Å²) in [6.07, 6.45) is 2.91. The third kappa shape index (κ3) is 3.49. The molecule has 0 spiro atoms. The van der Waals surface area contributed by atoms with Crippen molar-refractivity contribution in [3.05, 3.63) is 46.3 Å². The van der Waals surface area contributed by atoms with Crippen molar-refractivity contribution in [2.45, 2.75) is 52.5 Å². The number of amides is 2. The Balaban J connectivity index is 1.83. The Bertz CT molecular complexity index is 854. The number of aromatic nitrogens is 2. The molecule has 0 saturated carbocycles. The minimum absolute atomic E-state index is 0.0366. The maximum absolute atomic E-state index is 12.8. The van der Waals surface area contributed by atoms with Crippen molar-refractivity contribution in [2.75, 3.05) is 5.32 Å². The molecule has 0 radical (unpaired) electrons. The fraction of sp³-hybridized carbons (Fsp3) is 0.450. The number of benzene rings is 1. The van der Waals surface area contributed by atoms with E-state index in [9.17, 15) is 9.59 Å². The number of nitrogens with one attached hydrogen (secondary N) is 2. The number of fused-ring (bicyclic) bond motifs is 1. The van der Waals surface area contributed by atoms with Gasteiger partial charge in [-0.25, -0.2) is 0 Å². The number of hydrogen-bond donors (Lipinski definition) is 2. The van der Waals surface area contributed by atoms with E-state index in [2.05, 4.69) is 22.7 Å². The summed E-state index contributed by atoms with van der Waals surface area (Å²) < 4.78 is 1.85. The van der Waals surface area contributed by atoms with Crippen molar-refractivity contribution >= 4 is 17.5 Å². The maximum Gasteiger partial charge on any atom is 0.251 e. The fourth-order valence-electron chi connectivity index (χ4n) is 3.63. The first-order chi connectivity index (χ1) is 12.4. The summed E-state index contributed by atoms with van der Waals surface area (Å²) in [5.41, 5.74) is 5.56. The minimum Gasteiger partial charge on any atom is -0.345 e. The Morgan fingerprint density at radius 1 is 1.35 bits per heavy atom. The molecule has 138 valence electrons. The van der Waals surface area contributed by atoms with E-state index in [1.54, 1.807) is 6.07 Å². The monoisotopic (exact) mass is 354 g/mol. The van der Waals surface area contributed by atoms with E-state index in [4.69, 9.17) is 0 Å². The molecule has 1 aliphatic rings. The van der Waals surface area contributed by atoms with Crippen LogP contribution in [0.5, 0.6) is 0 Å². The smallest absolute Gasteiger partial charge is 0.251 e. The molecule has 1 aromatic heterocycles. The summed E-state index contributed by atoms with van der Waals surface area (Å²) in [4.78, 5) is 24.5. The zero-order valence-corrected chi connectivity index (χ0v) is 15.8. The molecule has 3 rings (SSSR count). The van der Waals surface area contributed by atoms with Gasteiger partial charge >= 0.3 is 0 Å². The highest BCUT2D eigenvalue weighted by atomic mass is 16.2. The van der Waals surface area contributed by atoms with Gasteiger partial charge in [0.15, 0.2) is 0 Å². The summed E-state index contributed by atoms with van der Waals surface area (Å²) in [5, 5.41) is 10.5. The molecule has 2 amide bonds. The molecular weight excluding hydrogens is 328 g/mol. The Morgan fingerprint density at radius 3 is 2.77 bits per heavy atom. The van der Waals surface area contributed by atoms with Gasteiger partial charge in [-0.15, -0.1) is 0 Å². The molecule has 1 atom stereocenters. The van der Waals surface area contributed by atoms with E-state index in [-0.39, 0.29) is 17.9 Å². The lowest BCUT2D eigenvalue weighted by molar-refractivity contribution is -0.116. The normalized spacial score (nSPS) is 15.0. The average molecular weight is 354 g/mol. The largest absolute Gasteiger partial charge is 0.345 e. The van der Waals surface area contributed by atoms with Crippen LogP contribution in [0.15, 0.2) is 18.2 Å². The second-order valence-corrected chi connectivity index (χ2v) is 6.92. The zero-order valence-electron chi connectivity index (χ0n) is 15.8. The van der Waals surface area contributed by atoms with Crippen molar-refractivity contribution in [1.82, 2.24) is 15.1 Å². The quantitative estimate of drug-likeness (QED) is 0.885. The molecule has 2 aromatic rings. The molecule has 2 heterocycles. The third-order valence-corrected chi connectivity index (χ3v) is 5.12. The second kappa shape index (κ2) is 7.32. The summed E-state index contributed by atoms with van der Waals surface area (Å²) in [7, 11) is 1.92. The van der Waals surface area contributed by atoms with Crippen LogP contribution in [0.25, 0.3) is 0 Å². The van der Waals surface area contributed by atoms with E-state index >= 15 is 0 Å². The molecule has 26 heavy (non-hydrogen) atoms. The van der Waals surface area contributed by atoms with E-state index < -0.39 is 0 Å². The van der Waals surface area contributed by atoms with E-state index in [0.717, 1.165) is 47.5 Å². The van der Waals surface area contributed by atoms with Crippen molar-refractivity contribution in [1.29, 1.82) is 0 Å². The lowest BCUT2D eigenvalue weighted by Gasteiger charge is -2.18. The number of carbonyl (C=O) groups excluding carboxylic acids is 2. The zero-order chi connectivity index (χ0) is 18.8. The standard InChI is InChI=1S/C20H26N4O2/c1-5-16(19-12(2)23-24(4)13(19)3)22-20(26)15-9-10-17-14(11-15)7-6-8-18(25)21-17/h9-11,16H,5-8H2,1-4H3,(H,21,25)(H,22,26)/t16-/m1/s1. The molecule has 0 saturated heterocycles. The Labute approximate surface area is 154 Å². The van der Waals surface area contributed by atoms with Gasteiger partial charge < -0.3 is 10.6 Å². The maximum atomic E-state index is 12.8. The van der Waals surface area contributed by atoms with Gasteiger partial charge in [0.05, 0.1) is 11.7 Å².